The molecule has 0 spiro atoms. The summed E-state index contributed by atoms with van der Waals surface area (Å²) in [6, 6.07) is 9.22. The molecule has 1 amide bonds. The number of nitrogens with one attached hydrogen (secondary N) is 1. The normalized spacial score (nSPS) is 12.5. The lowest BCUT2D eigenvalue weighted by molar-refractivity contribution is -0.123. The summed E-state index contributed by atoms with van der Waals surface area (Å²) in [5.74, 6) is -0.122. The smallest absolute Gasteiger partial charge is 0.223 e. The van der Waals surface area contributed by atoms with Crippen molar-refractivity contribution in [2.24, 2.45) is 0 Å². The molecule has 4 heteroatoms. The van der Waals surface area contributed by atoms with Crippen molar-refractivity contribution in [3.63, 3.8) is 0 Å². The number of hydrogen-bond acceptors (Lipinski definition) is 3. The molecule has 0 heterocycles. The third-order valence-corrected chi connectivity index (χ3v) is 2.44. The largest absolute Gasteiger partial charge is 0.388 e. The van der Waals surface area contributed by atoms with Crippen LogP contribution in [0.2, 0.25) is 0 Å². The molecular formula is C13H20N2O2. The monoisotopic (exact) mass is 236 g/mol. The summed E-state index contributed by atoms with van der Waals surface area (Å²) < 4.78 is 0. The average Bonchev–Trinajstić information content (AvgIpc) is 2.29. The van der Waals surface area contributed by atoms with Crippen molar-refractivity contribution in [2.75, 3.05) is 27.2 Å². The number of amides is 1. The molecule has 2 N–H and O–H groups in total. The van der Waals surface area contributed by atoms with Crippen LogP contribution in [-0.2, 0) is 4.79 Å². The summed E-state index contributed by atoms with van der Waals surface area (Å²) in [5, 5.41) is 12.6. The molecule has 1 rings (SSSR count). The second-order valence-corrected chi connectivity index (χ2v) is 4.28. The van der Waals surface area contributed by atoms with Crippen molar-refractivity contribution >= 4 is 5.91 Å². The predicted molar refractivity (Wildman–Crippen MR) is 67.6 cm³/mol. The summed E-state index contributed by atoms with van der Waals surface area (Å²) in [6.45, 7) is 1.40. The van der Waals surface area contributed by atoms with Gasteiger partial charge < -0.3 is 15.3 Å². The van der Waals surface area contributed by atoms with Gasteiger partial charge in [0.05, 0.1) is 12.5 Å². The van der Waals surface area contributed by atoms with Crippen molar-refractivity contribution in [3.05, 3.63) is 35.9 Å². The topological polar surface area (TPSA) is 52.6 Å². The molecule has 1 aromatic carbocycles. The fourth-order valence-corrected chi connectivity index (χ4v) is 1.46. The highest BCUT2D eigenvalue weighted by Crippen LogP contribution is 2.15. The number of nitrogens with zero attached hydrogens (tertiary/aromatic N) is 1. The molecular weight excluding hydrogens is 216 g/mol. The van der Waals surface area contributed by atoms with E-state index in [1.54, 1.807) is 0 Å². The summed E-state index contributed by atoms with van der Waals surface area (Å²) in [5.41, 5.74) is 0.773. The highest BCUT2D eigenvalue weighted by Gasteiger charge is 2.11. The van der Waals surface area contributed by atoms with Gasteiger partial charge in [0.1, 0.15) is 0 Å². The molecule has 0 saturated carbocycles. The van der Waals surface area contributed by atoms with Gasteiger partial charge in [0.15, 0.2) is 0 Å². The summed E-state index contributed by atoms with van der Waals surface area (Å²) in [4.78, 5) is 13.5. The highest BCUT2D eigenvalue weighted by atomic mass is 16.3. The number of aliphatic hydroxyl groups excluding tert-OH is 1. The van der Waals surface area contributed by atoms with E-state index >= 15 is 0 Å². The molecule has 0 saturated heterocycles. The molecule has 1 unspecified atom stereocenters. The van der Waals surface area contributed by atoms with Gasteiger partial charge in [-0.25, -0.2) is 0 Å². The van der Waals surface area contributed by atoms with E-state index in [1.807, 2.05) is 49.3 Å². The average molecular weight is 236 g/mol. The first-order valence-corrected chi connectivity index (χ1v) is 5.74. The van der Waals surface area contributed by atoms with Crippen LogP contribution in [0.4, 0.5) is 0 Å². The zero-order valence-electron chi connectivity index (χ0n) is 10.4. The van der Waals surface area contributed by atoms with E-state index in [9.17, 15) is 9.90 Å². The van der Waals surface area contributed by atoms with Gasteiger partial charge in [-0.1, -0.05) is 30.3 Å². The Labute approximate surface area is 102 Å². The van der Waals surface area contributed by atoms with Crippen LogP contribution >= 0.6 is 0 Å². The van der Waals surface area contributed by atoms with Gasteiger partial charge in [0, 0.05) is 13.1 Å². The van der Waals surface area contributed by atoms with Crippen molar-refractivity contribution in [1.29, 1.82) is 0 Å². The van der Waals surface area contributed by atoms with E-state index in [-0.39, 0.29) is 12.3 Å². The minimum Gasteiger partial charge on any atom is -0.388 e. The Balaban J connectivity index is 2.31. The van der Waals surface area contributed by atoms with Gasteiger partial charge in [-0.05, 0) is 19.7 Å². The summed E-state index contributed by atoms with van der Waals surface area (Å²) in [7, 11) is 3.90. The third kappa shape index (κ3) is 5.47. The molecule has 17 heavy (non-hydrogen) atoms. The Bertz CT molecular complexity index is 339. The Kier molecular flexibility index (Phi) is 5.66. The minimum atomic E-state index is -0.726. The van der Waals surface area contributed by atoms with Crippen LogP contribution in [0.3, 0.4) is 0 Å². The van der Waals surface area contributed by atoms with Gasteiger partial charge in [0.25, 0.3) is 0 Å². The number of aliphatic hydroxyl groups is 1. The number of rotatable bonds is 6. The molecule has 0 fully saturated rings. The quantitative estimate of drug-likeness (QED) is 0.767. The van der Waals surface area contributed by atoms with Crippen molar-refractivity contribution in [1.82, 2.24) is 10.2 Å². The first-order valence-electron chi connectivity index (χ1n) is 5.74. The SMILES string of the molecule is CN(C)CCNC(=O)CC(O)c1ccccc1. The molecule has 0 aliphatic carbocycles. The van der Waals surface area contributed by atoms with Crippen LogP contribution in [0.15, 0.2) is 30.3 Å². The van der Waals surface area contributed by atoms with Crippen molar-refractivity contribution in [2.45, 2.75) is 12.5 Å². The van der Waals surface area contributed by atoms with E-state index < -0.39 is 6.10 Å². The lowest BCUT2D eigenvalue weighted by Crippen LogP contribution is -2.32. The number of hydrogen-bond donors (Lipinski definition) is 2. The molecule has 1 atom stereocenters. The standard InChI is InChI=1S/C13H20N2O2/c1-15(2)9-8-14-13(17)10-12(16)11-6-4-3-5-7-11/h3-7,12,16H,8-10H2,1-2H3,(H,14,17). The molecule has 0 aliphatic rings. The molecule has 94 valence electrons. The second-order valence-electron chi connectivity index (χ2n) is 4.28. The molecule has 0 radical (unpaired) electrons. The van der Waals surface area contributed by atoms with Gasteiger partial charge in [-0.15, -0.1) is 0 Å². The molecule has 4 nitrogen and oxygen atoms in total. The molecule has 1 aromatic rings. The van der Waals surface area contributed by atoms with E-state index in [2.05, 4.69) is 5.32 Å². The van der Waals surface area contributed by atoms with Gasteiger partial charge in [-0.2, -0.15) is 0 Å². The molecule has 0 aromatic heterocycles. The molecule has 0 aliphatic heterocycles. The Morgan fingerprint density at radius 3 is 2.59 bits per heavy atom. The Morgan fingerprint density at radius 2 is 2.00 bits per heavy atom. The van der Waals surface area contributed by atoms with Gasteiger partial charge >= 0.3 is 0 Å². The van der Waals surface area contributed by atoms with E-state index in [0.29, 0.717) is 6.54 Å². The minimum absolute atomic E-state index is 0.109. The Hall–Kier alpha value is -1.39. The maximum absolute atomic E-state index is 11.5. The zero-order chi connectivity index (χ0) is 12.7. The first-order chi connectivity index (χ1) is 8.09. The predicted octanol–water partition coefficient (Wildman–Crippen LogP) is 0.788. The number of benzene rings is 1. The summed E-state index contributed by atoms with van der Waals surface area (Å²) >= 11 is 0. The third-order valence-electron chi connectivity index (χ3n) is 2.44. The van der Waals surface area contributed by atoms with Crippen LogP contribution < -0.4 is 5.32 Å². The van der Waals surface area contributed by atoms with Crippen molar-refractivity contribution in [3.8, 4) is 0 Å². The zero-order valence-corrected chi connectivity index (χ0v) is 10.4. The van der Waals surface area contributed by atoms with Crippen LogP contribution in [0.25, 0.3) is 0 Å². The number of likely N-dealkylation sites (N-methyl/N-ethyl adjacent to an activating group) is 1. The number of carbonyl (C=O) groups is 1. The van der Waals surface area contributed by atoms with Crippen LogP contribution in [0, 0.1) is 0 Å². The second kappa shape index (κ2) is 7.04. The van der Waals surface area contributed by atoms with Crippen LogP contribution in [0.5, 0.6) is 0 Å². The van der Waals surface area contributed by atoms with Crippen LogP contribution in [-0.4, -0.2) is 43.1 Å². The fraction of sp³-hybridized carbons (Fsp3) is 0.462. The lowest BCUT2D eigenvalue weighted by Gasteiger charge is -2.13. The number of carbonyl (C=O) groups excluding carboxylic acids is 1. The Morgan fingerprint density at radius 1 is 1.35 bits per heavy atom. The van der Waals surface area contributed by atoms with E-state index in [1.165, 1.54) is 0 Å². The van der Waals surface area contributed by atoms with Gasteiger partial charge in [0.2, 0.25) is 5.91 Å². The lowest BCUT2D eigenvalue weighted by atomic mass is 10.1. The molecule has 0 bridgehead atoms. The fourth-order valence-electron chi connectivity index (χ4n) is 1.46. The maximum atomic E-state index is 11.5. The van der Waals surface area contributed by atoms with E-state index in [4.69, 9.17) is 0 Å². The van der Waals surface area contributed by atoms with E-state index in [0.717, 1.165) is 12.1 Å². The van der Waals surface area contributed by atoms with Crippen LogP contribution in [0.1, 0.15) is 18.1 Å². The van der Waals surface area contributed by atoms with Gasteiger partial charge in [-0.3, -0.25) is 4.79 Å². The highest BCUT2D eigenvalue weighted by molar-refractivity contribution is 5.76. The first kappa shape index (κ1) is 13.7. The summed E-state index contributed by atoms with van der Waals surface area (Å²) in [6.07, 6.45) is -0.618. The maximum Gasteiger partial charge on any atom is 0.223 e. The van der Waals surface area contributed by atoms with Crippen molar-refractivity contribution < 1.29 is 9.90 Å².